The number of hydrogen-bond donors (Lipinski definition) is 1. The molecule has 0 bridgehead atoms. The van der Waals surface area contributed by atoms with Crippen LogP contribution in [0, 0.1) is 0 Å². The van der Waals surface area contributed by atoms with Crippen molar-refractivity contribution in [2.45, 2.75) is 19.5 Å². The van der Waals surface area contributed by atoms with E-state index in [4.69, 9.17) is 26.2 Å². The van der Waals surface area contributed by atoms with E-state index in [9.17, 15) is 4.79 Å². The largest absolute Gasteiger partial charge is 0.486 e. The van der Waals surface area contributed by atoms with Gasteiger partial charge in [0.05, 0.1) is 5.02 Å². The monoisotopic (exact) mass is 285 g/mol. The second kappa shape index (κ2) is 5.67. The standard InChI is InChI=1S/C13H16ClNO4/c1-8(13(16)17)15(2)7-9-5-10(14)12-11(6-9)18-3-4-19-12/h5-6,8H,3-4,7H2,1-2H3,(H,16,17)/t8-/m0/s1. The number of ether oxygens (including phenoxy) is 2. The van der Waals surface area contributed by atoms with Gasteiger partial charge in [0.15, 0.2) is 11.5 Å². The number of nitrogens with zero attached hydrogens (tertiary/aromatic N) is 1. The zero-order valence-electron chi connectivity index (χ0n) is 10.9. The molecular weight excluding hydrogens is 270 g/mol. The van der Waals surface area contributed by atoms with E-state index in [1.807, 2.05) is 6.07 Å². The lowest BCUT2D eigenvalue weighted by atomic mass is 10.1. The van der Waals surface area contributed by atoms with Crippen LogP contribution in [-0.2, 0) is 11.3 Å². The third-order valence-electron chi connectivity index (χ3n) is 3.11. The summed E-state index contributed by atoms with van der Waals surface area (Å²) in [5.41, 5.74) is 0.893. The second-order valence-corrected chi connectivity index (χ2v) is 4.94. The SMILES string of the molecule is C[C@@H](C(=O)O)N(C)Cc1cc(Cl)c2c(c1)OCCO2. The van der Waals surface area contributed by atoms with E-state index in [2.05, 4.69) is 0 Å². The Balaban J connectivity index is 2.17. The Morgan fingerprint density at radius 1 is 1.47 bits per heavy atom. The first kappa shape index (κ1) is 14.0. The lowest BCUT2D eigenvalue weighted by Gasteiger charge is -2.24. The third-order valence-corrected chi connectivity index (χ3v) is 3.39. The minimum atomic E-state index is -0.855. The predicted molar refractivity (Wildman–Crippen MR) is 71.0 cm³/mol. The maximum Gasteiger partial charge on any atom is 0.320 e. The van der Waals surface area contributed by atoms with E-state index >= 15 is 0 Å². The molecule has 1 aliphatic heterocycles. The summed E-state index contributed by atoms with van der Waals surface area (Å²) in [5.74, 6) is 0.321. The van der Waals surface area contributed by atoms with Crippen molar-refractivity contribution in [3.8, 4) is 11.5 Å². The maximum absolute atomic E-state index is 10.9. The molecule has 1 N–H and O–H groups in total. The molecule has 0 unspecified atom stereocenters. The van der Waals surface area contributed by atoms with Crippen LogP contribution in [-0.4, -0.2) is 42.3 Å². The summed E-state index contributed by atoms with van der Waals surface area (Å²) in [7, 11) is 1.75. The fraction of sp³-hybridized carbons (Fsp3) is 0.462. The van der Waals surface area contributed by atoms with Gasteiger partial charge >= 0.3 is 5.97 Å². The summed E-state index contributed by atoms with van der Waals surface area (Å²) in [6.07, 6.45) is 0. The fourth-order valence-corrected chi connectivity index (χ4v) is 2.16. The molecule has 5 nitrogen and oxygen atoms in total. The number of fused-ring (bicyclic) bond motifs is 1. The van der Waals surface area contributed by atoms with Crippen molar-refractivity contribution in [2.75, 3.05) is 20.3 Å². The highest BCUT2D eigenvalue weighted by molar-refractivity contribution is 6.32. The van der Waals surface area contributed by atoms with Gasteiger partial charge in [0, 0.05) is 6.54 Å². The van der Waals surface area contributed by atoms with Crippen LogP contribution < -0.4 is 9.47 Å². The second-order valence-electron chi connectivity index (χ2n) is 4.53. The molecule has 1 aromatic rings. The molecule has 0 fully saturated rings. The number of aliphatic carboxylic acids is 1. The van der Waals surface area contributed by atoms with Crippen LogP contribution in [0.25, 0.3) is 0 Å². The number of halogens is 1. The molecule has 104 valence electrons. The van der Waals surface area contributed by atoms with Gasteiger partial charge < -0.3 is 14.6 Å². The van der Waals surface area contributed by atoms with Gasteiger partial charge in [0.2, 0.25) is 0 Å². The highest BCUT2D eigenvalue weighted by atomic mass is 35.5. The quantitative estimate of drug-likeness (QED) is 0.917. The molecule has 19 heavy (non-hydrogen) atoms. The molecule has 6 heteroatoms. The number of hydrogen-bond acceptors (Lipinski definition) is 4. The number of likely N-dealkylation sites (N-methyl/N-ethyl adjacent to an activating group) is 1. The average Bonchev–Trinajstić information content (AvgIpc) is 2.37. The Morgan fingerprint density at radius 3 is 2.84 bits per heavy atom. The van der Waals surface area contributed by atoms with Crippen LogP contribution in [0.3, 0.4) is 0 Å². The van der Waals surface area contributed by atoms with Crippen LogP contribution in [0.2, 0.25) is 5.02 Å². The Kier molecular flexibility index (Phi) is 4.17. The molecule has 0 radical (unpaired) electrons. The van der Waals surface area contributed by atoms with Gasteiger partial charge in [-0.3, -0.25) is 9.69 Å². The van der Waals surface area contributed by atoms with E-state index in [1.54, 1.807) is 24.9 Å². The summed E-state index contributed by atoms with van der Waals surface area (Å²) in [6.45, 7) is 3.10. The van der Waals surface area contributed by atoms with E-state index in [0.717, 1.165) is 5.56 Å². The van der Waals surface area contributed by atoms with Crippen LogP contribution in [0.15, 0.2) is 12.1 Å². The molecule has 0 aliphatic carbocycles. The Morgan fingerprint density at radius 2 is 2.16 bits per heavy atom. The molecule has 1 heterocycles. The first-order chi connectivity index (χ1) is 8.99. The van der Waals surface area contributed by atoms with Crippen LogP contribution in [0.5, 0.6) is 11.5 Å². The Hall–Kier alpha value is -1.46. The summed E-state index contributed by atoms with van der Waals surface area (Å²) in [5, 5.41) is 9.45. The summed E-state index contributed by atoms with van der Waals surface area (Å²) in [6, 6.07) is 3.05. The van der Waals surface area contributed by atoms with Crippen molar-refractivity contribution in [2.24, 2.45) is 0 Å². The van der Waals surface area contributed by atoms with E-state index in [1.165, 1.54) is 0 Å². The lowest BCUT2D eigenvalue weighted by molar-refractivity contribution is -0.142. The Labute approximate surface area is 116 Å². The number of rotatable bonds is 4. The van der Waals surface area contributed by atoms with Crippen molar-refractivity contribution in [3.63, 3.8) is 0 Å². The minimum Gasteiger partial charge on any atom is -0.486 e. The molecule has 1 aliphatic rings. The molecule has 0 saturated heterocycles. The van der Waals surface area contributed by atoms with Crippen LogP contribution >= 0.6 is 11.6 Å². The topological polar surface area (TPSA) is 59.0 Å². The number of carboxylic acid groups (broad SMARTS) is 1. The summed E-state index contributed by atoms with van der Waals surface area (Å²) < 4.78 is 10.9. The van der Waals surface area contributed by atoms with E-state index in [-0.39, 0.29) is 0 Å². The smallest absolute Gasteiger partial charge is 0.320 e. The van der Waals surface area contributed by atoms with Gasteiger partial charge in [-0.25, -0.2) is 0 Å². The lowest BCUT2D eigenvalue weighted by Crippen LogP contribution is -2.35. The average molecular weight is 286 g/mol. The summed E-state index contributed by atoms with van der Waals surface area (Å²) >= 11 is 6.13. The van der Waals surface area contributed by atoms with Crippen molar-refractivity contribution in [1.82, 2.24) is 4.90 Å². The number of carbonyl (C=O) groups is 1. The highest BCUT2D eigenvalue weighted by Gasteiger charge is 2.20. The van der Waals surface area contributed by atoms with Crippen LogP contribution in [0.4, 0.5) is 0 Å². The zero-order chi connectivity index (χ0) is 14.0. The Bertz CT molecular complexity index is 492. The summed E-state index contributed by atoms with van der Waals surface area (Å²) in [4.78, 5) is 12.6. The molecule has 1 atom stereocenters. The number of benzene rings is 1. The first-order valence-electron chi connectivity index (χ1n) is 6.00. The van der Waals surface area contributed by atoms with Crippen molar-refractivity contribution in [3.05, 3.63) is 22.7 Å². The molecule has 1 aromatic carbocycles. The van der Waals surface area contributed by atoms with E-state index in [0.29, 0.717) is 36.3 Å². The highest BCUT2D eigenvalue weighted by Crippen LogP contribution is 2.38. The van der Waals surface area contributed by atoms with Crippen molar-refractivity contribution >= 4 is 17.6 Å². The normalized spacial score (nSPS) is 15.4. The third kappa shape index (κ3) is 3.11. The molecule has 2 rings (SSSR count). The van der Waals surface area contributed by atoms with Crippen LogP contribution in [0.1, 0.15) is 12.5 Å². The van der Waals surface area contributed by atoms with Crippen molar-refractivity contribution < 1.29 is 19.4 Å². The molecular formula is C13H16ClNO4. The van der Waals surface area contributed by atoms with Gasteiger partial charge in [-0.2, -0.15) is 0 Å². The van der Waals surface area contributed by atoms with Gasteiger partial charge in [-0.05, 0) is 31.7 Å². The minimum absolute atomic E-state index is 0.476. The first-order valence-corrected chi connectivity index (χ1v) is 6.38. The number of carboxylic acids is 1. The predicted octanol–water partition coefficient (Wildman–Crippen LogP) is 2.02. The molecule has 0 saturated carbocycles. The molecule has 0 aromatic heterocycles. The zero-order valence-corrected chi connectivity index (χ0v) is 11.6. The van der Waals surface area contributed by atoms with Gasteiger partial charge in [0.25, 0.3) is 0 Å². The van der Waals surface area contributed by atoms with Crippen molar-refractivity contribution in [1.29, 1.82) is 0 Å². The maximum atomic E-state index is 10.9. The van der Waals surface area contributed by atoms with E-state index < -0.39 is 12.0 Å². The molecule has 0 spiro atoms. The molecule has 0 amide bonds. The fourth-order valence-electron chi connectivity index (χ4n) is 1.87. The van der Waals surface area contributed by atoms with Gasteiger partial charge in [0.1, 0.15) is 19.3 Å². The van der Waals surface area contributed by atoms with Gasteiger partial charge in [-0.1, -0.05) is 11.6 Å². The van der Waals surface area contributed by atoms with Gasteiger partial charge in [-0.15, -0.1) is 0 Å².